The Morgan fingerprint density at radius 1 is 1.17 bits per heavy atom. The van der Waals surface area contributed by atoms with Crippen LogP contribution in [0.15, 0.2) is 42.9 Å². The van der Waals surface area contributed by atoms with Gasteiger partial charge in [-0.2, -0.15) is 0 Å². The van der Waals surface area contributed by atoms with Crippen LogP contribution in [0.1, 0.15) is 31.2 Å². The summed E-state index contributed by atoms with van der Waals surface area (Å²) in [5, 5.41) is 0. The number of benzene rings is 1. The van der Waals surface area contributed by atoms with E-state index in [1.54, 1.807) is 6.07 Å². The van der Waals surface area contributed by atoms with Crippen LogP contribution in [-0.4, -0.2) is 14.5 Å². The molecule has 2 aromatic heterocycles. The molecule has 0 unspecified atom stereocenters. The molecule has 2 heterocycles. The van der Waals surface area contributed by atoms with Crippen molar-refractivity contribution in [2.24, 2.45) is 0 Å². The van der Waals surface area contributed by atoms with Crippen LogP contribution in [0.5, 0.6) is 0 Å². The number of halogens is 1. The van der Waals surface area contributed by atoms with E-state index in [0.29, 0.717) is 5.82 Å². The SMILES string of the molecule is Nc1ncnc2c(C3=CCCCC3)cn(-c3cccc(F)c3)c12. The Hall–Kier alpha value is -2.69. The van der Waals surface area contributed by atoms with Gasteiger partial charge >= 0.3 is 0 Å². The normalized spacial score (nSPS) is 14.9. The maximum Gasteiger partial charge on any atom is 0.151 e. The molecule has 0 bridgehead atoms. The highest BCUT2D eigenvalue weighted by Crippen LogP contribution is 2.35. The second-order valence-electron chi connectivity index (χ2n) is 5.82. The first-order valence-electron chi connectivity index (χ1n) is 7.81. The Kier molecular flexibility index (Phi) is 3.33. The van der Waals surface area contributed by atoms with Gasteiger partial charge in [0.1, 0.15) is 23.2 Å². The quantitative estimate of drug-likeness (QED) is 0.775. The summed E-state index contributed by atoms with van der Waals surface area (Å²) in [6.07, 6.45) is 10.3. The van der Waals surface area contributed by atoms with Crippen LogP contribution >= 0.6 is 0 Å². The van der Waals surface area contributed by atoms with E-state index >= 15 is 0 Å². The summed E-state index contributed by atoms with van der Waals surface area (Å²) in [7, 11) is 0. The van der Waals surface area contributed by atoms with E-state index in [1.807, 2.05) is 16.8 Å². The minimum Gasteiger partial charge on any atom is -0.382 e. The monoisotopic (exact) mass is 308 g/mol. The number of aromatic nitrogens is 3. The highest BCUT2D eigenvalue weighted by molar-refractivity contribution is 5.96. The van der Waals surface area contributed by atoms with Crippen molar-refractivity contribution in [1.29, 1.82) is 0 Å². The molecule has 2 N–H and O–H groups in total. The summed E-state index contributed by atoms with van der Waals surface area (Å²) in [4.78, 5) is 8.55. The van der Waals surface area contributed by atoms with E-state index in [-0.39, 0.29) is 5.82 Å². The molecule has 23 heavy (non-hydrogen) atoms. The van der Waals surface area contributed by atoms with E-state index in [4.69, 9.17) is 5.73 Å². The maximum atomic E-state index is 13.6. The number of fused-ring (bicyclic) bond motifs is 1. The van der Waals surface area contributed by atoms with E-state index < -0.39 is 0 Å². The number of anilines is 1. The van der Waals surface area contributed by atoms with Crippen molar-refractivity contribution >= 4 is 22.4 Å². The maximum absolute atomic E-state index is 13.6. The molecular formula is C18H17FN4. The van der Waals surface area contributed by atoms with Gasteiger partial charge in [0, 0.05) is 17.4 Å². The van der Waals surface area contributed by atoms with E-state index in [2.05, 4.69) is 16.0 Å². The van der Waals surface area contributed by atoms with Gasteiger partial charge in [-0.05, 0) is 49.5 Å². The van der Waals surface area contributed by atoms with Gasteiger partial charge in [-0.1, -0.05) is 12.1 Å². The summed E-state index contributed by atoms with van der Waals surface area (Å²) in [6.45, 7) is 0. The lowest BCUT2D eigenvalue weighted by molar-refractivity contribution is 0.627. The molecule has 0 fully saturated rings. The summed E-state index contributed by atoms with van der Waals surface area (Å²) in [5.41, 5.74) is 10.7. The summed E-state index contributed by atoms with van der Waals surface area (Å²) in [5.74, 6) is 0.125. The van der Waals surface area contributed by atoms with Gasteiger partial charge in [0.2, 0.25) is 0 Å². The molecule has 0 atom stereocenters. The average molecular weight is 308 g/mol. The highest BCUT2D eigenvalue weighted by atomic mass is 19.1. The van der Waals surface area contributed by atoms with Gasteiger partial charge < -0.3 is 10.3 Å². The molecule has 1 aliphatic carbocycles. The Morgan fingerprint density at radius 2 is 2.09 bits per heavy atom. The molecule has 0 saturated heterocycles. The first-order valence-corrected chi connectivity index (χ1v) is 7.81. The van der Waals surface area contributed by atoms with Crippen LogP contribution in [0, 0.1) is 5.82 Å². The number of nitrogens with two attached hydrogens (primary N) is 1. The molecule has 1 aromatic carbocycles. The van der Waals surface area contributed by atoms with Gasteiger partial charge in [-0.15, -0.1) is 0 Å². The van der Waals surface area contributed by atoms with Crippen molar-refractivity contribution < 1.29 is 4.39 Å². The molecule has 5 heteroatoms. The van der Waals surface area contributed by atoms with Gasteiger partial charge in [0.05, 0.1) is 0 Å². The smallest absolute Gasteiger partial charge is 0.151 e. The van der Waals surface area contributed by atoms with Gasteiger partial charge in [-0.3, -0.25) is 0 Å². The predicted molar refractivity (Wildman–Crippen MR) is 89.7 cm³/mol. The Morgan fingerprint density at radius 3 is 2.87 bits per heavy atom. The lowest BCUT2D eigenvalue weighted by Crippen LogP contribution is -1.99. The molecule has 0 aliphatic heterocycles. The summed E-state index contributed by atoms with van der Waals surface area (Å²) < 4.78 is 15.5. The van der Waals surface area contributed by atoms with Crippen molar-refractivity contribution in [1.82, 2.24) is 14.5 Å². The second kappa shape index (κ2) is 5.50. The minimum atomic E-state index is -0.279. The summed E-state index contributed by atoms with van der Waals surface area (Å²) >= 11 is 0. The zero-order valence-electron chi connectivity index (χ0n) is 12.7. The third-order valence-corrected chi connectivity index (χ3v) is 4.33. The van der Waals surface area contributed by atoms with Crippen LogP contribution in [0.3, 0.4) is 0 Å². The van der Waals surface area contributed by atoms with Crippen LogP contribution in [0.4, 0.5) is 10.2 Å². The van der Waals surface area contributed by atoms with Crippen LogP contribution in [0.25, 0.3) is 22.3 Å². The number of nitrogens with zero attached hydrogens (tertiary/aromatic N) is 3. The average Bonchev–Trinajstić information content (AvgIpc) is 2.97. The molecule has 116 valence electrons. The molecule has 4 nitrogen and oxygen atoms in total. The molecule has 4 rings (SSSR count). The Bertz CT molecular complexity index is 911. The molecule has 1 aliphatic rings. The Labute approximate surface area is 133 Å². The molecule has 0 amide bonds. The highest BCUT2D eigenvalue weighted by Gasteiger charge is 2.18. The van der Waals surface area contributed by atoms with Crippen molar-refractivity contribution in [3.63, 3.8) is 0 Å². The number of nitrogen functional groups attached to an aromatic ring is 1. The molecule has 0 spiro atoms. The Balaban J connectivity index is 1.99. The van der Waals surface area contributed by atoms with Gasteiger partial charge in [-0.25, -0.2) is 14.4 Å². The second-order valence-corrected chi connectivity index (χ2v) is 5.82. The van der Waals surface area contributed by atoms with E-state index in [0.717, 1.165) is 35.1 Å². The molecule has 0 saturated carbocycles. The summed E-state index contributed by atoms with van der Waals surface area (Å²) in [6, 6.07) is 6.47. The third kappa shape index (κ3) is 2.38. The lowest BCUT2D eigenvalue weighted by Gasteiger charge is -2.11. The first kappa shape index (κ1) is 13.9. The zero-order chi connectivity index (χ0) is 15.8. The van der Waals surface area contributed by atoms with Crippen molar-refractivity contribution in [3.05, 3.63) is 54.2 Å². The number of allylic oxidation sites excluding steroid dienone is 2. The fourth-order valence-corrected chi connectivity index (χ4v) is 3.23. The van der Waals surface area contributed by atoms with Crippen LogP contribution in [0.2, 0.25) is 0 Å². The van der Waals surface area contributed by atoms with Gasteiger partial charge in [0.25, 0.3) is 0 Å². The first-order chi connectivity index (χ1) is 11.2. The zero-order valence-corrected chi connectivity index (χ0v) is 12.7. The fourth-order valence-electron chi connectivity index (χ4n) is 3.23. The minimum absolute atomic E-state index is 0.279. The van der Waals surface area contributed by atoms with E-state index in [1.165, 1.54) is 36.9 Å². The topological polar surface area (TPSA) is 56.7 Å². The number of hydrogen-bond acceptors (Lipinski definition) is 3. The van der Waals surface area contributed by atoms with E-state index in [9.17, 15) is 4.39 Å². The van der Waals surface area contributed by atoms with Gasteiger partial charge in [0.15, 0.2) is 5.82 Å². The van der Waals surface area contributed by atoms with Crippen LogP contribution in [-0.2, 0) is 0 Å². The van der Waals surface area contributed by atoms with Crippen molar-refractivity contribution in [3.8, 4) is 5.69 Å². The molecule has 3 aromatic rings. The van der Waals surface area contributed by atoms with Crippen LogP contribution < -0.4 is 5.73 Å². The standard InChI is InChI=1S/C18H17FN4/c19-13-7-4-8-14(9-13)23-10-15(12-5-2-1-3-6-12)16-17(23)18(20)22-11-21-16/h4-5,7-11H,1-3,6H2,(H2,20,21,22). The molecular weight excluding hydrogens is 291 g/mol. The number of hydrogen-bond donors (Lipinski definition) is 1. The predicted octanol–water partition coefficient (Wildman–Crippen LogP) is 4.10. The number of rotatable bonds is 2. The van der Waals surface area contributed by atoms with Crippen molar-refractivity contribution in [2.75, 3.05) is 5.73 Å². The van der Waals surface area contributed by atoms with Crippen molar-refractivity contribution in [2.45, 2.75) is 25.7 Å². The largest absolute Gasteiger partial charge is 0.382 e. The fraction of sp³-hybridized carbons (Fsp3) is 0.222. The molecule has 0 radical (unpaired) electrons. The third-order valence-electron chi connectivity index (χ3n) is 4.33. The lowest BCUT2D eigenvalue weighted by atomic mass is 9.95.